The highest BCUT2D eigenvalue weighted by Crippen LogP contribution is 2.26. The predicted molar refractivity (Wildman–Crippen MR) is 320 cm³/mol. The van der Waals surface area contributed by atoms with Crippen molar-refractivity contribution in [1.29, 1.82) is 0 Å². The normalized spacial score (nSPS) is 19.4. The van der Waals surface area contributed by atoms with Gasteiger partial charge in [0.05, 0.1) is 25.4 Å². The van der Waals surface area contributed by atoms with Crippen LogP contribution in [0, 0.1) is 0 Å². The summed E-state index contributed by atoms with van der Waals surface area (Å²) in [5.74, 6) is -1.25. The molecule has 6 N–H and O–H groups in total. The fraction of sp³-hybridized carbons (Fsp3) is 0.818. The van der Waals surface area contributed by atoms with Gasteiger partial charge in [0.2, 0.25) is 5.91 Å². The Labute approximate surface area is 471 Å². The number of hydrogen-bond acceptors (Lipinski definition) is 10. The first kappa shape index (κ1) is 72.4. The lowest BCUT2D eigenvalue weighted by Gasteiger charge is -2.41. The van der Waals surface area contributed by atoms with Crippen LogP contribution in [0.1, 0.15) is 284 Å². The average Bonchev–Trinajstić information content (AvgIpc) is 3.43. The van der Waals surface area contributed by atoms with Crippen molar-refractivity contribution in [1.82, 2.24) is 5.32 Å². The average molecular weight is 1090 g/mol. The van der Waals surface area contributed by atoms with Crippen LogP contribution in [0.3, 0.4) is 0 Å². The number of rotatable bonds is 54. The summed E-state index contributed by atoms with van der Waals surface area (Å²) in [4.78, 5) is 26.5. The van der Waals surface area contributed by atoms with E-state index in [9.17, 15) is 35.1 Å². The van der Waals surface area contributed by atoms with Gasteiger partial charge in [0.1, 0.15) is 24.4 Å². The molecule has 11 heteroatoms. The van der Waals surface area contributed by atoms with E-state index in [-0.39, 0.29) is 19.4 Å². The smallest absolute Gasteiger partial charge is 0.306 e. The molecule has 0 saturated carbocycles. The third kappa shape index (κ3) is 42.0. The third-order valence-electron chi connectivity index (χ3n) is 14.9. The van der Waals surface area contributed by atoms with Crippen LogP contribution in [-0.2, 0) is 23.8 Å². The zero-order valence-electron chi connectivity index (χ0n) is 49.6. The van der Waals surface area contributed by atoms with E-state index in [0.29, 0.717) is 19.3 Å². The van der Waals surface area contributed by atoms with Crippen LogP contribution in [0.15, 0.2) is 60.8 Å². The van der Waals surface area contributed by atoms with E-state index in [4.69, 9.17) is 14.2 Å². The Morgan fingerprint density at radius 2 is 0.896 bits per heavy atom. The SMILES string of the molecule is CCCCC/C=C\C/C=C\C/C=C\C/C=C\CCCC(=O)OC1C(OCC(NC(=O)C(O)CCCCCCCCCCCCCCCCCCCC)C(O)/C=C/CCCCCCCCCCCCC)OC(CO)C(O)C1O. The zero-order chi connectivity index (χ0) is 56.1. The largest absolute Gasteiger partial charge is 0.454 e. The van der Waals surface area contributed by atoms with Crippen molar-refractivity contribution < 1.29 is 49.3 Å². The van der Waals surface area contributed by atoms with Crippen molar-refractivity contribution in [2.45, 2.75) is 333 Å². The van der Waals surface area contributed by atoms with Crippen molar-refractivity contribution in [3.8, 4) is 0 Å². The van der Waals surface area contributed by atoms with Crippen LogP contribution in [0.5, 0.6) is 0 Å². The van der Waals surface area contributed by atoms with Gasteiger partial charge in [0.15, 0.2) is 12.4 Å². The maximum absolute atomic E-state index is 13.4. The molecule has 0 aromatic rings. The van der Waals surface area contributed by atoms with E-state index < -0.39 is 67.4 Å². The standard InChI is InChI=1S/C66H119NO10/c1-4-7-10-13-16-19-22-25-27-29-31-32-35-38-41-44-47-50-53-59(70)65(74)67-57(58(69)52-49-46-43-40-37-34-24-21-18-15-12-9-6-3)56-75-66-64(63(73)62(72)60(55-68)76-66)77-61(71)54-51-48-45-42-39-36-33-30-28-26-23-20-17-14-11-8-5-2/h17,20,26,28,33,36,42,45,49,52,57-60,62-64,66,68-70,72-73H,4-16,18-19,21-25,27,29-32,34-35,37-41,43-44,46-48,50-51,53-56H2,1-3H3,(H,67,74)/b20-17-,28-26-,36-33-,45-42-,52-49+. The summed E-state index contributed by atoms with van der Waals surface area (Å²) in [6.07, 6.45) is 56.9. The number of carbonyl (C=O) groups excluding carboxylic acids is 2. The molecule has 11 nitrogen and oxygen atoms in total. The van der Waals surface area contributed by atoms with Gasteiger partial charge < -0.3 is 45.1 Å². The Morgan fingerprint density at radius 3 is 1.36 bits per heavy atom. The zero-order valence-corrected chi connectivity index (χ0v) is 49.6. The number of amides is 1. The first-order chi connectivity index (χ1) is 37.7. The van der Waals surface area contributed by atoms with Crippen LogP contribution in [-0.4, -0.2) is 99.6 Å². The quantitative estimate of drug-likeness (QED) is 0.0195. The summed E-state index contributed by atoms with van der Waals surface area (Å²) < 4.78 is 17.6. The monoisotopic (exact) mass is 1090 g/mol. The molecule has 448 valence electrons. The fourth-order valence-electron chi connectivity index (χ4n) is 9.82. The topological polar surface area (TPSA) is 175 Å². The first-order valence-electron chi connectivity index (χ1n) is 32.1. The van der Waals surface area contributed by atoms with Crippen molar-refractivity contribution in [2.75, 3.05) is 13.2 Å². The lowest BCUT2D eigenvalue weighted by Crippen LogP contribution is -2.61. The molecule has 0 aromatic heterocycles. The van der Waals surface area contributed by atoms with Gasteiger partial charge >= 0.3 is 5.97 Å². The summed E-state index contributed by atoms with van der Waals surface area (Å²) in [5, 5.41) is 57.0. The molecule has 1 aliphatic rings. The molecular weight excluding hydrogens is 967 g/mol. The van der Waals surface area contributed by atoms with E-state index >= 15 is 0 Å². The molecule has 1 aliphatic heterocycles. The van der Waals surface area contributed by atoms with Crippen molar-refractivity contribution in [2.24, 2.45) is 0 Å². The van der Waals surface area contributed by atoms with Gasteiger partial charge in [-0.2, -0.15) is 0 Å². The van der Waals surface area contributed by atoms with Gasteiger partial charge in [-0.25, -0.2) is 0 Å². The number of aliphatic hydroxyl groups excluding tert-OH is 5. The molecule has 1 heterocycles. The molecule has 1 amide bonds. The molecule has 0 aliphatic carbocycles. The lowest BCUT2D eigenvalue weighted by atomic mass is 9.99. The Morgan fingerprint density at radius 1 is 0.506 bits per heavy atom. The van der Waals surface area contributed by atoms with Gasteiger partial charge in [0.25, 0.3) is 0 Å². The van der Waals surface area contributed by atoms with Crippen LogP contribution < -0.4 is 5.32 Å². The Balaban J connectivity index is 2.71. The molecule has 1 fully saturated rings. The highest BCUT2D eigenvalue weighted by atomic mass is 16.7. The minimum Gasteiger partial charge on any atom is -0.454 e. The Bertz CT molecular complexity index is 1480. The predicted octanol–water partition coefficient (Wildman–Crippen LogP) is 15.4. The number of esters is 1. The number of aliphatic hydroxyl groups is 5. The molecule has 8 atom stereocenters. The summed E-state index contributed by atoms with van der Waals surface area (Å²) in [7, 11) is 0. The van der Waals surface area contributed by atoms with Gasteiger partial charge in [0, 0.05) is 6.42 Å². The van der Waals surface area contributed by atoms with Crippen LogP contribution >= 0.6 is 0 Å². The van der Waals surface area contributed by atoms with Crippen LogP contribution in [0.4, 0.5) is 0 Å². The number of carbonyl (C=O) groups is 2. The molecule has 1 rings (SSSR count). The maximum atomic E-state index is 13.4. The van der Waals surface area contributed by atoms with Gasteiger partial charge in [-0.05, 0) is 64.2 Å². The highest BCUT2D eigenvalue weighted by molar-refractivity contribution is 5.80. The summed E-state index contributed by atoms with van der Waals surface area (Å²) in [6, 6.07) is -1.03. The minimum absolute atomic E-state index is 0.0478. The molecule has 1 saturated heterocycles. The number of nitrogens with one attached hydrogen (secondary N) is 1. The molecular formula is C66H119NO10. The number of ether oxygens (including phenoxy) is 3. The fourth-order valence-corrected chi connectivity index (χ4v) is 9.82. The number of allylic oxidation sites excluding steroid dienone is 9. The van der Waals surface area contributed by atoms with Crippen molar-refractivity contribution >= 4 is 11.9 Å². The maximum Gasteiger partial charge on any atom is 0.306 e. The Hall–Kier alpha value is -2.64. The molecule has 77 heavy (non-hydrogen) atoms. The second kappa shape index (κ2) is 54.0. The molecule has 0 radical (unpaired) electrons. The van der Waals surface area contributed by atoms with Crippen molar-refractivity contribution in [3.63, 3.8) is 0 Å². The van der Waals surface area contributed by atoms with E-state index in [1.54, 1.807) is 6.08 Å². The van der Waals surface area contributed by atoms with E-state index in [0.717, 1.165) is 64.2 Å². The minimum atomic E-state index is -1.64. The third-order valence-corrected chi connectivity index (χ3v) is 14.9. The summed E-state index contributed by atoms with van der Waals surface area (Å²) in [6.45, 7) is 5.76. The second-order valence-corrected chi connectivity index (χ2v) is 22.1. The first-order valence-corrected chi connectivity index (χ1v) is 32.1. The molecule has 8 unspecified atom stereocenters. The van der Waals surface area contributed by atoms with Crippen molar-refractivity contribution in [3.05, 3.63) is 60.8 Å². The van der Waals surface area contributed by atoms with E-state index in [1.165, 1.54) is 167 Å². The lowest BCUT2D eigenvalue weighted by molar-refractivity contribution is -0.305. The second-order valence-electron chi connectivity index (χ2n) is 22.1. The molecule has 0 bridgehead atoms. The molecule has 0 aromatic carbocycles. The van der Waals surface area contributed by atoms with Gasteiger partial charge in [-0.1, -0.05) is 274 Å². The van der Waals surface area contributed by atoms with Gasteiger partial charge in [-0.15, -0.1) is 0 Å². The summed E-state index contributed by atoms with van der Waals surface area (Å²) in [5.41, 5.74) is 0. The number of unbranched alkanes of at least 4 members (excludes halogenated alkanes) is 32. The van der Waals surface area contributed by atoms with Gasteiger partial charge in [-0.3, -0.25) is 9.59 Å². The van der Waals surface area contributed by atoms with E-state index in [2.05, 4.69) is 68.6 Å². The van der Waals surface area contributed by atoms with Crippen LogP contribution in [0.25, 0.3) is 0 Å². The van der Waals surface area contributed by atoms with E-state index in [1.807, 2.05) is 12.2 Å². The highest BCUT2D eigenvalue weighted by Gasteiger charge is 2.47. The van der Waals surface area contributed by atoms with Crippen LogP contribution in [0.2, 0.25) is 0 Å². The Kier molecular flexibility index (Phi) is 50.7. The molecule has 0 spiro atoms. The summed E-state index contributed by atoms with van der Waals surface area (Å²) >= 11 is 0. The number of hydrogen-bond donors (Lipinski definition) is 6.